The van der Waals surface area contributed by atoms with Gasteiger partial charge in [-0.2, -0.15) is 0 Å². The third-order valence-electron chi connectivity index (χ3n) is 3.31. The molecule has 0 aromatic carbocycles. The van der Waals surface area contributed by atoms with Gasteiger partial charge in [0.1, 0.15) is 0 Å². The van der Waals surface area contributed by atoms with Gasteiger partial charge in [0.2, 0.25) is 0 Å². The molecule has 0 aliphatic rings. The largest absolute Gasteiger partial charge is 0.347 e. The molecule has 1 rings (SSSR count). The van der Waals surface area contributed by atoms with E-state index >= 15 is 0 Å². The van der Waals surface area contributed by atoms with Crippen molar-refractivity contribution >= 4 is 5.91 Å². The maximum Gasteiger partial charge on any atom is 0.253 e. The summed E-state index contributed by atoms with van der Waals surface area (Å²) < 4.78 is 0. The summed E-state index contributed by atoms with van der Waals surface area (Å²) in [6.07, 6.45) is 4.94. The van der Waals surface area contributed by atoms with Crippen LogP contribution in [0.2, 0.25) is 0 Å². The number of nitrogens with zero attached hydrogens (tertiary/aromatic N) is 1. The first-order valence-electron chi connectivity index (χ1n) is 6.51. The van der Waals surface area contributed by atoms with Crippen LogP contribution in [0.15, 0.2) is 18.5 Å². The number of pyridine rings is 1. The van der Waals surface area contributed by atoms with Gasteiger partial charge in [-0.05, 0) is 25.8 Å². The van der Waals surface area contributed by atoms with E-state index in [1.165, 1.54) is 0 Å². The summed E-state index contributed by atoms with van der Waals surface area (Å²) in [6, 6.07) is 1.73. The van der Waals surface area contributed by atoms with Gasteiger partial charge in [0.25, 0.3) is 5.91 Å². The van der Waals surface area contributed by atoms with Crippen molar-refractivity contribution in [3.63, 3.8) is 0 Å². The molecule has 19 heavy (non-hydrogen) atoms. The maximum absolute atomic E-state index is 12.2. The molecule has 1 aromatic heterocycles. The molecule has 4 heteroatoms. The van der Waals surface area contributed by atoms with E-state index in [2.05, 4.69) is 36.0 Å². The van der Waals surface area contributed by atoms with Crippen LogP contribution < -0.4 is 11.1 Å². The zero-order valence-corrected chi connectivity index (χ0v) is 11.8. The number of carbonyl (C=O) groups is 1. The molecule has 0 spiro atoms. The highest BCUT2D eigenvalue weighted by molar-refractivity contribution is 5.94. The summed E-state index contributed by atoms with van der Waals surface area (Å²) in [4.78, 5) is 16.2. The Labute approximate surface area is 114 Å². The van der Waals surface area contributed by atoms with E-state index < -0.39 is 0 Å². The van der Waals surface area contributed by atoms with Crippen molar-refractivity contribution in [1.29, 1.82) is 0 Å². The summed E-state index contributed by atoms with van der Waals surface area (Å²) in [5.41, 5.74) is 6.36. The van der Waals surface area contributed by atoms with Crippen molar-refractivity contribution in [3.8, 4) is 11.8 Å². The van der Waals surface area contributed by atoms with E-state index in [1.807, 2.05) is 6.92 Å². The Morgan fingerprint density at radius 2 is 2.11 bits per heavy atom. The number of nitrogens with one attached hydrogen (secondary N) is 1. The molecule has 4 nitrogen and oxygen atoms in total. The third-order valence-corrected chi connectivity index (χ3v) is 3.31. The lowest BCUT2D eigenvalue weighted by molar-refractivity contribution is 0.0900. The fourth-order valence-electron chi connectivity index (χ4n) is 1.56. The molecule has 0 aliphatic heterocycles. The lowest BCUT2D eigenvalue weighted by Crippen LogP contribution is -2.45. The molecule has 0 bridgehead atoms. The second-order valence-electron chi connectivity index (χ2n) is 4.69. The van der Waals surface area contributed by atoms with Gasteiger partial charge in [-0.3, -0.25) is 9.78 Å². The molecule has 1 aromatic rings. The Bertz CT molecular complexity index is 496. The average Bonchev–Trinajstić information content (AvgIpc) is 2.45. The number of hydrogen-bond acceptors (Lipinski definition) is 3. The number of aromatic nitrogens is 1. The molecule has 0 saturated heterocycles. The number of hydrogen-bond donors (Lipinski definition) is 2. The molecule has 3 N–H and O–H groups in total. The first-order valence-corrected chi connectivity index (χ1v) is 6.51. The van der Waals surface area contributed by atoms with Crippen LogP contribution >= 0.6 is 0 Å². The Morgan fingerprint density at radius 1 is 1.42 bits per heavy atom. The molecule has 0 radical (unpaired) electrons. The van der Waals surface area contributed by atoms with Crippen LogP contribution in [0, 0.1) is 11.8 Å². The van der Waals surface area contributed by atoms with E-state index in [-0.39, 0.29) is 11.4 Å². The highest BCUT2D eigenvalue weighted by Gasteiger charge is 2.22. The van der Waals surface area contributed by atoms with Gasteiger partial charge in [-0.1, -0.05) is 25.7 Å². The minimum absolute atomic E-state index is 0.116. The molecule has 102 valence electrons. The van der Waals surface area contributed by atoms with Crippen molar-refractivity contribution in [3.05, 3.63) is 29.6 Å². The monoisotopic (exact) mass is 259 g/mol. The van der Waals surface area contributed by atoms with Gasteiger partial charge in [-0.25, -0.2) is 0 Å². The SMILES string of the molecule is CCC(C)(CC)NC(=O)c1cncc(C#CCN)c1. The Hall–Kier alpha value is -1.86. The van der Waals surface area contributed by atoms with Gasteiger partial charge in [-0.15, -0.1) is 0 Å². The molecule has 0 atom stereocenters. The molecule has 0 saturated carbocycles. The fourth-order valence-corrected chi connectivity index (χ4v) is 1.56. The van der Waals surface area contributed by atoms with E-state index in [4.69, 9.17) is 5.73 Å². The van der Waals surface area contributed by atoms with Crippen LogP contribution in [-0.2, 0) is 0 Å². The first-order chi connectivity index (χ1) is 9.04. The highest BCUT2D eigenvalue weighted by Crippen LogP contribution is 2.14. The zero-order chi connectivity index (χ0) is 14.3. The van der Waals surface area contributed by atoms with Crippen molar-refractivity contribution in [2.45, 2.75) is 39.2 Å². The van der Waals surface area contributed by atoms with Gasteiger partial charge in [0.15, 0.2) is 0 Å². The number of carbonyl (C=O) groups excluding carboxylic acids is 1. The minimum Gasteiger partial charge on any atom is -0.347 e. The molecule has 0 unspecified atom stereocenters. The molecule has 1 amide bonds. The quantitative estimate of drug-likeness (QED) is 0.809. The summed E-state index contributed by atoms with van der Waals surface area (Å²) in [5.74, 6) is 5.50. The van der Waals surface area contributed by atoms with E-state index in [0.717, 1.165) is 12.8 Å². The maximum atomic E-state index is 12.2. The molecule has 1 heterocycles. The second-order valence-corrected chi connectivity index (χ2v) is 4.69. The van der Waals surface area contributed by atoms with Gasteiger partial charge in [0.05, 0.1) is 12.1 Å². The third kappa shape index (κ3) is 4.38. The highest BCUT2D eigenvalue weighted by atomic mass is 16.1. The van der Waals surface area contributed by atoms with Crippen LogP contribution in [0.25, 0.3) is 0 Å². The van der Waals surface area contributed by atoms with E-state index in [9.17, 15) is 4.79 Å². The average molecular weight is 259 g/mol. The molecule has 0 fully saturated rings. The Kier molecular flexibility index (Phi) is 5.53. The van der Waals surface area contributed by atoms with Crippen LogP contribution in [0.3, 0.4) is 0 Å². The normalized spacial score (nSPS) is 10.5. The van der Waals surface area contributed by atoms with Gasteiger partial charge in [0, 0.05) is 23.5 Å². The van der Waals surface area contributed by atoms with Crippen molar-refractivity contribution < 1.29 is 4.79 Å². The Morgan fingerprint density at radius 3 is 2.68 bits per heavy atom. The van der Waals surface area contributed by atoms with Crippen LogP contribution in [0.1, 0.15) is 49.5 Å². The number of nitrogens with two attached hydrogens (primary N) is 1. The lowest BCUT2D eigenvalue weighted by Gasteiger charge is -2.28. The number of rotatable bonds is 4. The fraction of sp³-hybridized carbons (Fsp3) is 0.467. The topological polar surface area (TPSA) is 68.0 Å². The van der Waals surface area contributed by atoms with E-state index in [1.54, 1.807) is 18.5 Å². The van der Waals surface area contributed by atoms with Crippen molar-refractivity contribution in [2.75, 3.05) is 6.54 Å². The van der Waals surface area contributed by atoms with Crippen molar-refractivity contribution in [1.82, 2.24) is 10.3 Å². The molecular weight excluding hydrogens is 238 g/mol. The summed E-state index contributed by atoms with van der Waals surface area (Å²) in [5, 5.41) is 3.04. The predicted octanol–water partition coefficient (Wildman–Crippen LogP) is 1.70. The van der Waals surface area contributed by atoms with Gasteiger partial charge < -0.3 is 11.1 Å². The zero-order valence-electron chi connectivity index (χ0n) is 11.8. The smallest absolute Gasteiger partial charge is 0.253 e. The standard InChI is InChI=1S/C15H21N3O/c1-4-15(3,5-2)18-14(19)13-9-12(7-6-8-16)10-17-11-13/h9-11H,4-5,8,16H2,1-3H3,(H,18,19). The lowest BCUT2D eigenvalue weighted by atomic mass is 9.95. The summed E-state index contributed by atoms with van der Waals surface area (Å²) in [7, 11) is 0. The molecular formula is C15H21N3O. The minimum atomic E-state index is -0.184. The summed E-state index contributed by atoms with van der Waals surface area (Å²) >= 11 is 0. The van der Waals surface area contributed by atoms with Crippen LogP contribution in [-0.4, -0.2) is 23.0 Å². The first kappa shape index (κ1) is 15.2. The summed E-state index contributed by atoms with van der Waals surface area (Å²) in [6.45, 7) is 6.45. The Balaban J connectivity index is 2.88. The second kappa shape index (κ2) is 6.91. The number of amides is 1. The van der Waals surface area contributed by atoms with Gasteiger partial charge >= 0.3 is 0 Å². The molecule has 0 aliphatic carbocycles. The predicted molar refractivity (Wildman–Crippen MR) is 76.6 cm³/mol. The van der Waals surface area contributed by atoms with Crippen molar-refractivity contribution in [2.24, 2.45) is 5.73 Å². The van der Waals surface area contributed by atoms with Crippen LogP contribution in [0.4, 0.5) is 0 Å². The van der Waals surface area contributed by atoms with Crippen LogP contribution in [0.5, 0.6) is 0 Å². The van der Waals surface area contributed by atoms with E-state index in [0.29, 0.717) is 17.7 Å².